The van der Waals surface area contributed by atoms with Crippen LogP contribution in [0.3, 0.4) is 0 Å². The van der Waals surface area contributed by atoms with Crippen LogP contribution in [0.2, 0.25) is 0 Å². The van der Waals surface area contributed by atoms with E-state index in [4.69, 9.17) is 0 Å². The minimum atomic E-state index is -1.64. The highest BCUT2D eigenvalue weighted by molar-refractivity contribution is 6.01. The monoisotopic (exact) mass is 1290 g/mol. The highest BCUT2D eigenvalue weighted by atomic mass is 16.3. The standard InChI is InChI=1S/C75H103N9O10/c1-5-61(76-3)65(87)47-60-52(48-85)37-39-58-41-43-63(83(58)70(60)91)68(89)81-74(54-25-11-7-12-26-54,55-27-13-8-14-28-55)72(93)78-45-21-19-23-50-33-35-51(36-34-50)24-20-22-46-79-73(94)75(56-29-15-9-16-30-56,57-31-17-10-18-32-57)82-69(90)64-44-42-59-40-38-53(49-86)66(71(92)84(59)64)80-67(88)62(6-2)77-4/h7-18,25-32,50-53,58-64,66,76-77,85-86H,5-6,19-24,33-49H2,1-4H3,(H,78,93)(H,79,94)(H,80,88)(H,81,89)(H,82,90)/t50?,51?,52-,53-,58+,59+,60+,61+,62+,63+,64+,66+/m1/s1. The zero-order valence-corrected chi connectivity index (χ0v) is 55.7. The van der Waals surface area contributed by atoms with Crippen LogP contribution in [0.15, 0.2) is 121 Å². The highest BCUT2D eigenvalue weighted by Gasteiger charge is 2.53. The van der Waals surface area contributed by atoms with E-state index in [2.05, 4.69) is 37.2 Å². The van der Waals surface area contributed by atoms with E-state index in [9.17, 15) is 29.4 Å². The second kappa shape index (κ2) is 33.9. The van der Waals surface area contributed by atoms with E-state index in [-0.39, 0.29) is 61.1 Å². The number of unbranched alkanes of at least 4 members (excludes halogenated alkanes) is 2. The zero-order valence-electron chi connectivity index (χ0n) is 55.7. The van der Waals surface area contributed by atoms with E-state index in [1.165, 1.54) is 0 Å². The van der Waals surface area contributed by atoms with Crippen LogP contribution in [0.25, 0.3) is 0 Å². The Morgan fingerprint density at radius 1 is 0.489 bits per heavy atom. The summed E-state index contributed by atoms with van der Waals surface area (Å²) in [5.41, 5.74) is -0.958. The fourth-order valence-electron chi connectivity index (χ4n) is 16.2. The Kier molecular flexibility index (Phi) is 25.6. The van der Waals surface area contributed by atoms with Gasteiger partial charge < -0.3 is 57.2 Å². The van der Waals surface area contributed by atoms with Crippen molar-refractivity contribution in [1.29, 1.82) is 0 Å². The molecule has 0 aromatic heterocycles. The fraction of sp³-hybridized carbons (Fsp3) is 0.573. The Hall–Kier alpha value is -7.32. The summed E-state index contributed by atoms with van der Waals surface area (Å²) >= 11 is 0. The Morgan fingerprint density at radius 3 is 1.26 bits per heavy atom. The van der Waals surface area contributed by atoms with E-state index in [0.717, 1.165) is 64.2 Å². The molecule has 19 nitrogen and oxygen atoms in total. The van der Waals surface area contributed by atoms with E-state index in [1.54, 1.807) is 23.9 Å². The van der Waals surface area contributed by atoms with Gasteiger partial charge in [-0.1, -0.05) is 187 Å². The summed E-state index contributed by atoms with van der Waals surface area (Å²) in [4.78, 5) is 120. The molecule has 4 heterocycles. The summed E-state index contributed by atoms with van der Waals surface area (Å²) in [7, 11) is 3.41. The maximum Gasteiger partial charge on any atom is 0.255 e. The molecule has 5 fully saturated rings. The van der Waals surface area contributed by atoms with Gasteiger partial charge in [0.25, 0.3) is 11.8 Å². The van der Waals surface area contributed by atoms with Gasteiger partial charge >= 0.3 is 0 Å². The van der Waals surface area contributed by atoms with E-state index < -0.39 is 76.8 Å². The van der Waals surface area contributed by atoms with Crippen molar-refractivity contribution < 1.29 is 48.6 Å². The largest absolute Gasteiger partial charge is 0.396 e. The molecule has 1 aliphatic carbocycles. The summed E-state index contributed by atoms with van der Waals surface area (Å²) in [6.07, 6.45) is 15.1. The van der Waals surface area contributed by atoms with E-state index in [1.807, 2.05) is 135 Å². The number of hydrogen-bond acceptors (Lipinski definition) is 12. The predicted molar refractivity (Wildman–Crippen MR) is 361 cm³/mol. The van der Waals surface area contributed by atoms with Crippen LogP contribution in [-0.2, 0) is 49.4 Å². The molecule has 1 saturated carbocycles. The molecule has 5 aliphatic rings. The number of aliphatic hydroxyl groups excluding tert-OH is 2. The molecular formula is C75H103N9O10. The van der Waals surface area contributed by atoms with Gasteiger partial charge in [0.05, 0.1) is 18.0 Å². The lowest BCUT2D eigenvalue weighted by atomic mass is 9.78. The van der Waals surface area contributed by atoms with Crippen LogP contribution >= 0.6 is 0 Å². The molecule has 7 amide bonds. The molecule has 94 heavy (non-hydrogen) atoms. The predicted octanol–water partition coefficient (Wildman–Crippen LogP) is 7.07. The maximum absolute atomic E-state index is 15.1. The third-order valence-electron chi connectivity index (χ3n) is 21.6. The zero-order chi connectivity index (χ0) is 66.8. The Labute approximate surface area is 555 Å². The second-order valence-corrected chi connectivity index (χ2v) is 27.1. The second-order valence-electron chi connectivity index (χ2n) is 27.1. The number of Topliss-reactive ketones (excluding diaryl/α,β-unsaturated/α-hetero) is 1. The minimum Gasteiger partial charge on any atom is -0.396 e. The SMILES string of the molecule is CC[C@H](NC)C(=O)C[C@@H]1C(=O)N2[C@@H](CC[C@@H]1CO)CC[C@H]2C(=O)NC(C(=O)NCCCCC1CCC(CCCCNC(=O)C(NC(=O)[C@@H]2CC[C@@H]3CC[C@H](CO)[C@H](NC(=O)[C@H](CC)NC)C(=O)N32)(c2ccccc2)c2ccccc2)CC1)(c1ccccc1)c1ccccc1. The van der Waals surface area contributed by atoms with Gasteiger partial charge in [0, 0.05) is 50.7 Å². The first kappa shape index (κ1) is 71.0. The third kappa shape index (κ3) is 16.0. The van der Waals surface area contributed by atoms with Crippen molar-refractivity contribution in [2.45, 2.75) is 202 Å². The number of nitrogens with zero attached hydrogens (tertiary/aromatic N) is 2. The number of aliphatic hydroxyl groups is 2. The summed E-state index contributed by atoms with van der Waals surface area (Å²) in [6, 6.07) is 32.7. The molecule has 0 radical (unpaired) electrons. The van der Waals surface area contributed by atoms with Crippen molar-refractivity contribution in [1.82, 2.24) is 47.0 Å². The van der Waals surface area contributed by atoms with Crippen LogP contribution in [-0.4, -0.2) is 150 Å². The third-order valence-corrected chi connectivity index (χ3v) is 21.6. The normalized spacial score (nSPS) is 24.6. The first-order chi connectivity index (χ1) is 45.7. The minimum absolute atomic E-state index is 0.0268. The molecule has 4 aromatic rings. The molecule has 9 N–H and O–H groups in total. The van der Waals surface area contributed by atoms with Gasteiger partial charge in [0.2, 0.25) is 29.5 Å². The van der Waals surface area contributed by atoms with Gasteiger partial charge in [0.15, 0.2) is 16.9 Å². The van der Waals surface area contributed by atoms with Crippen molar-refractivity contribution in [2.75, 3.05) is 40.4 Å². The van der Waals surface area contributed by atoms with E-state index in [0.29, 0.717) is 111 Å². The summed E-state index contributed by atoms with van der Waals surface area (Å²) < 4.78 is 0. The smallest absolute Gasteiger partial charge is 0.255 e. The average Bonchev–Trinajstić information content (AvgIpc) is 1.09. The van der Waals surface area contributed by atoms with Gasteiger partial charge in [-0.3, -0.25) is 38.4 Å². The number of carbonyl (C=O) groups excluding carboxylic acids is 8. The van der Waals surface area contributed by atoms with Gasteiger partial charge in [-0.25, -0.2) is 0 Å². The molecule has 4 aliphatic heterocycles. The van der Waals surface area contributed by atoms with Crippen LogP contribution in [0, 0.1) is 29.6 Å². The fourth-order valence-corrected chi connectivity index (χ4v) is 16.2. The van der Waals surface area contributed by atoms with Crippen molar-refractivity contribution in [3.63, 3.8) is 0 Å². The Balaban J connectivity index is 0.778. The van der Waals surface area contributed by atoms with Crippen LogP contribution in [0.4, 0.5) is 0 Å². The van der Waals surface area contributed by atoms with Crippen LogP contribution < -0.4 is 37.2 Å². The number of rotatable bonds is 31. The molecule has 4 aromatic carbocycles. The summed E-state index contributed by atoms with van der Waals surface area (Å²) in [6.45, 7) is 4.06. The number of nitrogens with one attached hydrogen (secondary N) is 7. The first-order valence-electron chi connectivity index (χ1n) is 35.1. The number of ketones is 1. The molecular weight excluding hydrogens is 1190 g/mol. The van der Waals surface area contributed by atoms with Crippen molar-refractivity contribution in [3.8, 4) is 0 Å². The van der Waals surface area contributed by atoms with E-state index >= 15 is 19.2 Å². The molecule has 0 bridgehead atoms. The molecule has 508 valence electrons. The number of hydrogen-bond donors (Lipinski definition) is 9. The maximum atomic E-state index is 15.1. The number of likely N-dealkylation sites (N-methyl/N-ethyl adjacent to an activating group) is 2. The molecule has 4 saturated heterocycles. The summed E-state index contributed by atoms with van der Waals surface area (Å²) in [5.74, 6) is -3.34. The number of benzene rings is 4. The quantitative estimate of drug-likeness (QED) is 0.0229. The molecule has 19 heteroatoms. The Bertz CT molecular complexity index is 2850. The van der Waals surface area contributed by atoms with Crippen molar-refractivity contribution in [2.24, 2.45) is 29.6 Å². The van der Waals surface area contributed by atoms with Gasteiger partial charge in [-0.15, -0.1) is 0 Å². The number of carbonyl (C=O) groups is 8. The molecule has 10 atom stereocenters. The average molecular weight is 1290 g/mol. The lowest BCUT2D eigenvalue weighted by Crippen LogP contribution is -2.62. The van der Waals surface area contributed by atoms with Gasteiger partial charge in [-0.05, 0) is 131 Å². The lowest BCUT2D eigenvalue weighted by molar-refractivity contribution is -0.146. The van der Waals surface area contributed by atoms with Crippen LogP contribution in [0.1, 0.15) is 171 Å². The Morgan fingerprint density at radius 2 is 0.872 bits per heavy atom. The topological polar surface area (TPSA) is 268 Å². The van der Waals surface area contributed by atoms with Crippen molar-refractivity contribution in [3.05, 3.63) is 144 Å². The van der Waals surface area contributed by atoms with Crippen molar-refractivity contribution >= 4 is 47.1 Å². The molecule has 0 unspecified atom stereocenters. The number of amides is 7. The molecule has 0 spiro atoms. The lowest BCUT2D eigenvalue weighted by Gasteiger charge is -2.38. The van der Waals surface area contributed by atoms with Crippen LogP contribution in [0.5, 0.6) is 0 Å². The number of fused-ring (bicyclic) bond motifs is 2. The first-order valence-corrected chi connectivity index (χ1v) is 35.1. The van der Waals surface area contributed by atoms with Gasteiger partial charge in [-0.2, -0.15) is 0 Å². The van der Waals surface area contributed by atoms with Gasteiger partial charge in [0.1, 0.15) is 18.1 Å². The highest BCUT2D eigenvalue weighted by Crippen LogP contribution is 2.41. The summed E-state index contributed by atoms with van der Waals surface area (Å²) in [5, 5.41) is 42.9. The molecule has 9 rings (SSSR count).